The van der Waals surface area contributed by atoms with Gasteiger partial charge in [0.2, 0.25) is 0 Å². The van der Waals surface area contributed by atoms with E-state index in [0.717, 1.165) is 23.7 Å². The Labute approximate surface area is 143 Å². The maximum absolute atomic E-state index is 12.2. The SMILES string of the molecule is CC(C)CCCCCCNC(=O)c1ccc2c(c1)C(=O)N(C)C2=O. The highest BCUT2D eigenvalue weighted by molar-refractivity contribution is 6.21. The number of carbonyl (C=O) groups is 3. The van der Waals surface area contributed by atoms with Crippen molar-refractivity contribution in [2.75, 3.05) is 13.6 Å². The van der Waals surface area contributed by atoms with Crippen LogP contribution in [0.15, 0.2) is 18.2 Å². The summed E-state index contributed by atoms with van der Waals surface area (Å²) in [6.45, 7) is 5.09. The van der Waals surface area contributed by atoms with E-state index in [4.69, 9.17) is 0 Å². The first-order chi connectivity index (χ1) is 11.4. The van der Waals surface area contributed by atoms with E-state index in [-0.39, 0.29) is 17.7 Å². The minimum atomic E-state index is -0.352. The highest BCUT2D eigenvalue weighted by Crippen LogP contribution is 2.22. The lowest BCUT2D eigenvalue weighted by atomic mass is 10.0. The lowest BCUT2D eigenvalue weighted by Crippen LogP contribution is -2.25. The van der Waals surface area contributed by atoms with E-state index in [1.54, 1.807) is 12.1 Å². The molecular weight excluding hydrogens is 304 g/mol. The molecule has 0 fully saturated rings. The molecule has 0 saturated heterocycles. The molecule has 3 amide bonds. The second-order valence-corrected chi connectivity index (χ2v) is 6.78. The molecule has 1 N–H and O–H groups in total. The minimum absolute atomic E-state index is 0.199. The van der Waals surface area contributed by atoms with Gasteiger partial charge in [0.1, 0.15) is 0 Å². The molecule has 5 heteroatoms. The average Bonchev–Trinajstić information content (AvgIpc) is 2.77. The molecular formula is C19H26N2O3. The molecule has 0 bridgehead atoms. The van der Waals surface area contributed by atoms with Crippen LogP contribution >= 0.6 is 0 Å². The normalized spacial score (nSPS) is 13.6. The van der Waals surface area contributed by atoms with Crippen LogP contribution in [-0.4, -0.2) is 36.2 Å². The van der Waals surface area contributed by atoms with Crippen molar-refractivity contribution in [2.45, 2.75) is 46.0 Å². The molecule has 130 valence electrons. The summed E-state index contributed by atoms with van der Waals surface area (Å²) in [4.78, 5) is 37.0. The van der Waals surface area contributed by atoms with Crippen molar-refractivity contribution < 1.29 is 14.4 Å². The van der Waals surface area contributed by atoms with E-state index >= 15 is 0 Å². The second kappa shape index (κ2) is 8.08. The molecule has 2 rings (SSSR count). The summed E-state index contributed by atoms with van der Waals surface area (Å²) in [7, 11) is 1.45. The quantitative estimate of drug-likeness (QED) is 0.588. The molecule has 1 aliphatic heterocycles. The van der Waals surface area contributed by atoms with Crippen LogP contribution in [0.5, 0.6) is 0 Å². The zero-order chi connectivity index (χ0) is 17.7. The van der Waals surface area contributed by atoms with Gasteiger partial charge in [0.05, 0.1) is 11.1 Å². The van der Waals surface area contributed by atoms with Gasteiger partial charge in [-0.25, -0.2) is 0 Å². The van der Waals surface area contributed by atoms with Crippen molar-refractivity contribution in [1.82, 2.24) is 10.2 Å². The summed E-state index contributed by atoms with van der Waals surface area (Å²) in [5.41, 5.74) is 1.10. The fourth-order valence-corrected chi connectivity index (χ4v) is 2.84. The topological polar surface area (TPSA) is 66.5 Å². The van der Waals surface area contributed by atoms with Crippen LogP contribution in [0.3, 0.4) is 0 Å². The number of hydrogen-bond donors (Lipinski definition) is 1. The molecule has 0 unspecified atom stereocenters. The fraction of sp³-hybridized carbons (Fsp3) is 0.526. The van der Waals surface area contributed by atoms with Crippen LogP contribution in [0.4, 0.5) is 0 Å². The number of imide groups is 1. The first-order valence-corrected chi connectivity index (χ1v) is 8.66. The van der Waals surface area contributed by atoms with Gasteiger partial charge in [-0.15, -0.1) is 0 Å². The molecule has 0 atom stereocenters. The van der Waals surface area contributed by atoms with Crippen LogP contribution in [-0.2, 0) is 0 Å². The largest absolute Gasteiger partial charge is 0.352 e. The number of hydrogen-bond acceptors (Lipinski definition) is 3. The van der Waals surface area contributed by atoms with E-state index in [0.29, 0.717) is 23.2 Å². The second-order valence-electron chi connectivity index (χ2n) is 6.78. The molecule has 0 saturated carbocycles. The lowest BCUT2D eigenvalue weighted by molar-refractivity contribution is 0.0693. The Balaban J connectivity index is 1.80. The molecule has 24 heavy (non-hydrogen) atoms. The summed E-state index contributed by atoms with van der Waals surface area (Å²) in [6.07, 6.45) is 5.74. The van der Waals surface area contributed by atoms with E-state index in [1.165, 1.54) is 32.4 Å². The van der Waals surface area contributed by atoms with E-state index < -0.39 is 0 Å². The van der Waals surface area contributed by atoms with Gasteiger partial charge in [-0.1, -0.05) is 39.5 Å². The number of nitrogens with one attached hydrogen (secondary N) is 1. The van der Waals surface area contributed by atoms with Gasteiger partial charge >= 0.3 is 0 Å². The smallest absolute Gasteiger partial charge is 0.261 e. The molecule has 1 heterocycles. The Kier molecular flexibility index (Phi) is 6.12. The van der Waals surface area contributed by atoms with Crippen molar-refractivity contribution >= 4 is 17.7 Å². The van der Waals surface area contributed by atoms with Crippen molar-refractivity contribution in [3.05, 3.63) is 34.9 Å². The summed E-state index contributed by atoms with van der Waals surface area (Å²) < 4.78 is 0. The summed E-state index contributed by atoms with van der Waals surface area (Å²) in [5, 5.41) is 2.88. The van der Waals surface area contributed by atoms with Crippen LogP contribution in [0.25, 0.3) is 0 Å². The molecule has 0 aromatic heterocycles. The van der Waals surface area contributed by atoms with Crippen molar-refractivity contribution in [1.29, 1.82) is 0 Å². The Hall–Kier alpha value is -2.17. The van der Waals surface area contributed by atoms with Crippen LogP contribution in [0.1, 0.15) is 77.0 Å². The Morgan fingerprint density at radius 1 is 1.04 bits per heavy atom. The van der Waals surface area contributed by atoms with Gasteiger partial charge in [-0.3, -0.25) is 19.3 Å². The maximum Gasteiger partial charge on any atom is 0.261 e. The van der Waals surface area contributed by atoms with Gasteiger partial charge < -0.3 is 5.32 Å². The predicted molar refractivity (Wildman–Crippen MR) is 93.1 cm³/mol. The first-order valence-electron chi connectivity index (χ1n) is 8.66. The molecule has 0 spiro atoms. The standard InChI is InChI=1S/C19H26N2O3/c1-13(2)8-6-4-5-7-11-20-17(22)14-9-10-15-16(12-14)19(24)21(3)18(15)23/h9-10,12-13H,4-8,11H2,1-3H3,(H,20,22). The Morgan fingerprint density at radius 2 is 1.71 bits per heavy atom. The molecule has 1 aromatic rings. The molecule has 0 aliphatic carbocycles. The number of benzene rings is 1. The zero-order valence-electron chi connectivity index (χ0n) is 14.7. The molecule has 1 aliphatic rings. The zero-order valence-corrected chi connectivity index (χ0v) is 14.7. The van der Waals surface area contributed by atoms with Gasteiger partial charge in [-0.2, -0.15) is 0 Å². The van der Waals surface area contributed by atoms with Crippen LogP contribution in [0, 0.1) is 5.92 Å². The van der Waals surface area contributed by atoms with Gasteiger partial charge in [0.25, 0.3) is 17.7 Å². The first kappa shape index (κ1) is 18.2. The number of nitrogens with zero attached hydrogens (tertiary/aromatic N) is 1. The molecule has 0 radical (unpaired) electrons. The third kappa shape index (κ3) is 4.22. The van der Waals surface area contributed by atoms with Crippen molar-refractivity contribution in [3.63, 3.8) is 0 Å². The molecule has 1 aromatic carbocycles. The average molecular weight is 330 g/mol. The maximum atomic E-state index is 12.2. The highest BCUT2D eigenvalue weighted by atomic mass is 16.2. The Bertz CT molecular complexity index is 637. The van der Waals surface area contributed by atoms with Crippen LogP contribution < -0.4 is 5.32 Å². The summed E-state index contributed by atoms with van der Waals surface area (Å²) in [6, 6.07) is 4.66. The van der Waals surface area contributed by atoms with Crippen molar-refractivity contribution in [3.8, 4) is 0 Å². The Morgan fingerprint density at radius 3 is 2.42 bits per heavy atom. The van der Waals surface area contributed by atoms with Gasteiger partial charge in [0.15, 0.2) is 0 Å². The number of fused-ring (bicyclic) bond motifs is 1. The summed E-state index contributed by atoms with van der Waals surface area (Å²) >= 11 is 0. The van der Waals surface area contributed by atoms with E-state index in [1.807, 2.05) is 0 Å². The number of unbranched alkanes of at least 4 members (excludes halogenated alkanes) is 3. The van der Waals surface area contributed by atoms with Crippen molar-refractivity contribution in [2.24, 2.45) is 5.92 Å². The molecule has 5 nitrogen and oxygen atoms in total. The van der Waals surface area contributed by atoms with Gasteiger partial charge in [0, 0.05) is 19.2 Å². The third-order valence-corrected chi connectivity index (χ3v) is 4.35. The van der Waals surface area contributed by atoms with Gasteiger partial charge in [-0.05, 0) is 30.5 Å². The fourth-order valence-electron chi connectivity index (χ4n) is 2.84. The van der Waals surface area contributed by atoms with E-state index in [2.05, 4.69) is 19.2 Å². The lowest BCUT2D eigenvalue weighted by Gasteiger charge is -2.07. The predicted octanol–water partition coefficient (Wildman–Crippen LogP) is 3.25. The third-order valence-electron chi connectivity index (χ3n) is 4.35. The highest BCUT2D eigenvalue weighted by Gasteiger charge is 2.33. The number of rotatable bonds is 8. The number of amides is 3. The monoisotopic (exact) mass is 330 g/mol. The summed E-state index contributed by atoms with van der Waals surface area (Å²) in [5.74, 6) is -0.119. The minimum Gasteiger partial charge on any atom is -0.352 e. The number of carbonyl (C=O) groups excluding carboxylic acids is 3. The van der Waals surface area contributed by atoms with Crippen LogP contribution in [0.2, 0.25) is 0 Å². The van der Waals surface area contributed by atoms with E-state index in [9.17, 15) is 14.4 Å².